The predicted octanol–water partition coefficient (Wildman–Crippen LogP) is 3.37. The molecule has 0 heterocycles. The van der Waals surface area contributed by atoms with E-state index in [1.54, 1.807) is 6.92 Å². The van der Waals surface area contributed by atoms with Crippen LogP contribution >= 0.6 is 0 Å². The molecule has 0 aromatic heterocycles. The summed E-state index contributed by atoms with van der Waals surface area (Å²) >= 11 is 0. The Labute approximate surface area is 124 Å². The van der Waals surface area contributed by atoms with Crippen LogP contribution in [0.2, 0.25) is 0 Å². The standard InChI is InChI=1S/C16H23F3N2/c1-2-21(12-16(17,18)19)11-14-5-3-13(4-6-14)9-10-20-15-7-8-15/h3-6,15,20H,2,7-12H2,1H3. The first-order valence-corrected chi connectivity index (χ1v) is 7.56. The normalized spacial score (nSPS) is 15.7. The molecule has 0 saturated heterocycles. The van der Waals surface area contributed by atoms with Gasteiger partial charge >= 0.3 is 6.18 Å². The van der Waals surface area contributed by atoms with Crippen molar-refractivity contribution in [1.29, 1.82) is 0 Å². The van der Waals surface area contributed by atoms with Crippen molar-refractivity contribution >= 4 is 0 Å². The molecular formula is C16H23F3N2. The lowest BCUT2D eigenvalue weighted by Crippen LogP contribution is -2.33. The molecule has 0 spiro atoms. The zero-order valence-electron chi connectivity index (χ0n) is 12.4. The molecule has 0 radical (unpaired) electrons. The highest BCUT2D eigenvalue weighted by atomic mass is 19.4. The summed E-state index contributed by atoms with van der Waals surface area (Å²) in [6, 6.07) is 8.62. The van der Waals surface area contributed by atoms with Gasteiger partial charge in [-0.1, -0.05) is 31.2 Å². The first-order valence-electron chi connectivity index (χ1n) is 7.56. The molecule has 0 aliphatic heterocycles. The van der Waals surface area contributed by atoms with E-state index in [0.717, 1.165) is 18.5 Å². The first-order chi connectivity index (χ1) is 9.96. The van der Waals surface area contributed by atoms with Crippen LogP contribution in [-0.4, -0.2) is 36.8 Å². The number of nitrogens with one attached hydrogen (secondary N) is 1. The number of benzene rings is 1. The van der Waals surface area contributed by atoms with Gasteiger partial charge in [0.25, 0.3) is 0 Å². The number of hydrogen-bond acceptors (Lipinski definition) is 2. The van der Waals surface area contributed by atoms with Gasteiger partial charge in [-0.05, 0) is 43.5 Å². The molecule has 0 unspecified atom stereocenters. The Kier molecular flexibility index (Phi) is 5.65. The smallest absolute Gasteiger partial charge is 0.314 e. The highest BCUT2D eigenvalue weighted by molar-refractivity contribution is 5.22. The molecule has 1 aromatic carbocycles. The average molecular weight is 300 g/mol. The molecule has 0 atom stereocenters. The van der Waals surface area contributed by atoms with E-state index in [2.05, 4.69) is 5.32 Å². The summed E-state index contributed by atoms with van der Waals surface area (Å²) in [6.07, 6.45) is -0.600. The highest BCUT2D eigenvalue weighted by Crippen LogP contribution is 2.19. The maximum atomic E-state index is 12.4. The van der Waals surface area contributed by atoms with Gasteiger partial charge in [0.2, 0.25) is 0 Å². The summed E-state index contributed by atoms with van der Waals surface area (Å²) in [5.74, 6) is 0. The van der Waals surface area contributed by atoms with Crippen LogP contribution in [0.25, 0.3) is 0 Å². The fourth-order valence-corrected chi connectivity index (χ4v) is 2.31. The second-order valence-electron chi connectivity index (χ2n) is 5.71. The monoisotopic (exact) mass is 300 g/mol. The Balaban J connectivity index is 1.79. The first kappa shape index (κ1) is 16.3. The van der Waals surface area contributed by atoms with Crippen molar-refractivity contribution in [3.8, 4) is 0 Å². The van der Waals surface area contributed by atoms with Crippen molar-refractivity contribution in [2.75, 3.05) is 19.6 Å². The zero-order chi connectivity index (χ0) is 15.3. The minimum atomic E-state index is -4.13. The minimum absolute atomic E-state index is 0.344. The molecule has 1 N–H and O–H groups in total. The Bertz CT molecular complexity index is 424. The molecule has 21 heavy (non-hydrogen) atoms. The molecule has 2 rings (SSSR count). The molecule has 1 fully saturated rings. The predicted molar refractivity (Wildman–Crippen MR) is 78.2 cm³/mol. The van der Waals surface area contributed by atoms with Crippen molar-refractivity contribution in [1.82, 2.24) is 10.2 Å². The largest absolute Gasteiger partial charge is 0.401 e. The van der Waals surface area contributed by atoms with Gasteiger partial charge < -0.3 is 5.32 Å². The van der Waals surface area contributed by atoms with E-state index in [4.69, 9.17) is 0 Å². The lowest BCUT2D eigenvalue weighted by Gasteiger charge is -2.22. The molecule has 1 aromatic rings. The number of nitrogens with zero attached hydrogens (tertiary/aromatic N) is 1. The number of alkyl halides is 3. The van der Waals surface area contributed by atoms with Crippen LogP contribution in [0, 0.1) is 0 Å². The van der Waals surface area contributed by atoms with Crippen LogP contribution in [0.4, 0.5) is 13.2 Å². The quantitative estimate of drug-likeness (QED) is 0.792. The van der Waals surface area contributed by atoms with E-state index >= 15 is 0 Å². The molecule has 5 heteroatoms. The van der Waals surface area contributed by atoms with Crippen molar-refractivity contribution in [3.05, 3.63) is 35.4 Å². The van der Waals surface area contributed by atoms with Crippen molar-refractivity contribution < 1.29 is 13.2 Å². The van der Waals surface area contributed by atoms with E-state index in [1.165, 1.54) is 23.3 Å². The van der Waals surface area contributed by atoms with Crippen molar-refractivity contribution in [2.24, 2.45) is 0 Å². The van der Waals surface area contributed by atoms with Gasteiger partial charge in [0, 0.05) is 12.6 Å². The lowest BCUT2D eigenvalue weighted by molar-refractivity contribution is -0.146. The van der Waals surface area contributed by atoms with E-state index in [1.807, 2.05) is 24.3 Å². The number of rotatable bonds is 8. The average Bonchev–Trinajstić information content (AvgIpc) is 3.22. The van der Waals surface area contributed by atoms with E-state index in [-0.39, 0.29) is 0 Å². The Morgan fingerprint density at radius 1 is 1.14 bits per heavy atom. The van der Waals surface area contributed by atoms with E-state index in [9.17, 15) is 13.2 Å². The summed E-state index contributed by atoms with van der Waals surface area (Å²) in [5, 5.41) is 3.45. The molecule has 118 valence electrons. The molecular weight excluding hydrogens is 277 g/mol. The van der Waals surface area contributed by atoms with Crippen molar-refractivity contribution in [3.63, 3.8) is 0 Å². The summed E-state index contributed by atoms with van der Waals surface area (Å²) in [4.78, 5) is 1.41. The third-order valence-electron chi connectivity index (χ3n) is 3.70. The minimum Gasteiger partial charge on any atom is -0.314 e. The second-order valence-corrected chi connectivity index (χ2v) is 5.71. The number of hydrogen-bond donors (Lipinski definition) is 1. The SMILES string of the molecule is CCN(Cc1ccc(CCNC2CC2)cc1)CC(F)(F)F. The van der Waals surface area contributed by atoms with Crippen LogP contribution < -0.4 is 5.32 Å². The van der Waals surface area contributed by atoms with Gasteiger partial charge in [0.15, 0.2) is 0 Å². The van der Waals surface area contributed by atoms with Gasteiger partial charge in [0.1, 0.15) is 0 Å². The maximum absolute atomic E-state index is 12.4. The lowest BCUT2D eigenvalue weighted by atomic mass is 10.1. The van der Waals surface area contributed by atoms with Gasteiger partial charge in [-0.15, -0.1) is 0 Å². The third-order valence-corrected chi connectivity index (χ3v) is 3.70. The summed E-state index contributed by atoms with van der Waals surface area (Å²) in [7, 11) is 0. The van der Waals surface area contributed by atoms with Gasteiger partial charge in [-0.3, -0.25) is 4.90 Å². The Morgan fingerprint density at radius 2 is 1.76 bits per heavy atom. The van der Waals surface area contributed by atoms with Gasteiger partial charge in [0.05, 0.1) is 6.54 Å². The van der Waals surface area contributed by atoms with Crippen LogP contribution in [0.15, 0.2) is 24.3 Å². The number of halogens is 3. The van der Waals surface area contributed by atoms with Gasteiger partial charge in [-0.2, -0.15) is 13.2 Å². The summed E-state index contributed by atoms with van der Waals surface area (Å²) in [5.41, 5.74) is 2.16. The molecule has 0 bridgehead atoms. The van der Waals surface area contributed by atoms with Crippen LogP contribution in [0.5, 0.6) is 0 Å². The summed E-state index contributed by atoms with van der Waals surface area (Å²) < 4.78 is 37.3. The van der Waals surface area contributed by atoms with Crippen LogP contribution in [0.1, 0.15) is 30.9 Å². The summed E-state index contributed by atoms with van der Waals surface area (Å²) in [6.45, 7) is 2.61. The second kappa shape index (κ2) is 7.27. The third kappa shape index (κ3) is 6.48. The van der Waals surface area contributed by atoms with E-state index < -0.39 is 12.7 Å². The van der Waals surface area contributed by atoms with E-state index in [0.29, 0.717) is 19.1 Å². The van der Waals surface area contributed by atoms with Gasteiger partial charge in [-0.25, -0.2) is 0 Å². The molecule has 2 nitrogen and oxygen atoms in total. The van der Waals surface area contributed by atoms with Crippen molar-refractivity contribution in [2.45, 2.75) is 44.9 Å². The fourth-order valence-electron chi connectivity index (χ4n) is 2.31. The van der Waals surface area contributed by atoms with Crippen LogP contribution in [-0.2, 0) is 13.0 Å². The fraction of sp³-hybridized carbons (Fsp3) is 0.625. The molecule has 1 saturated carbocycles. The van der Waals surface area contributed by atoms with Crippen LogP contribution in [0.3, 0.4) is 0 Å². The Morgan fingerprint density at radius 3 is 2.29 bits per heavy atom. The maximum Gasteiger partial charge on any atom is 0.401 e. The molecule has 1 aliphatic rings. The highest BCUT2D eigenvalue weighted by Gasteiger charge is 2.29. The zero-order valence-corrected chi connectivity index (χ0v) is 12.4. The molecule has 0 amide bonds. The molecule has 1 aliphatic carbocycles. The Hall–Kier alpha value is -1.07. The topological polar surface area (TPSA) is 15.3 Å².